The number of fused-ring (bicyclic) bond motifs is 1. The molecule has 5 atom stereocenters. The summed E-state index contributed by atoms with van der Waals surface area (Å²) in [5, 5.41) is 18.9. The molecular formula is C25H35FO2. The highest BCUT2D eigenvalue weighted by atomic mass is 19.1. The second kappa shape index (κ2) is 8.92. The van der Waals surface area contributed by atoms with Crippen LogP contribution >= 0.6 is 0 Å². The fourth-order valence-corrected chi connectivity index (χ4v) is 5.55. The molecule has 3 rings (SSSR count). The lowest BCUT2D eigenvalue weighted by Gasteiger charge is -2.42. The van der Waals surface area contributed by atoms with E-state index >= 15 is 0 Å². The van der Waals surface area contributed by atoms with Gasteiger partial charge in [-0.3, -0.25) is 0 Å². The molecule has 2 nitrogen and oxygen atoms in total. The zero-order valence-electron chi connectivity index (χ0n) is 17.3. The van der Waals surface area contributed by atoms with E-state index in [4.69, 9.17) is 5.11 Å². The Balaban J connectivity index is 1.77. The molecule has 0 aliphatic heterocycles. The molecule has 0 saturated heterocycles. The molecule has 3 aliphatic carbocycles. The number of halogens is 1. The second-order valence-corrected chi connectivity index (χ2v) is 9.03. The monoisotopic (exact) mass is 386 g/mol. The van der Waals surface area contributed by atoms with Gasteiger partial charge in [-0.05, 0) is 66.9 Å². The van der Waals surface area contributed by atoms with Gasteiger partial charge in [-0.15, -0.1) is 0 Å². The van der Waals surface area contributed by atoms with E-state index < -0.39 is 12.3 Å². The molecule has 0 aromatic carbocycles. The van der Waals surface area contributed by atoms with Crippen LogP contribution in [-0.2, 0) is 0 Å². The largest absolute Gasteiger partial charge is 0.393 e. The van der Waals surface area contributed by atoms with Crippen LogP contribution in [0.25, 0.3) is 0 Å². The van der Waals surface area contributed by atoms with Crippen LogP contribution in [0.2, 0.25) is 0 Å². The van der Waals surface area contributed by atoms with Crippen molar-refractivity contribution in [3.63, 3.8) is 0 Å². The van der Waals surface area contributed by atoms with Gasteiger partial charge < -0.3 is 10.2 Å². The van der Waals surface area contributed by atoms with Crippen molar-refractivity contribution in [1.82, 2.24) is 0 Å². The first kappa shape index (κ1) is 21.3. The molecule has 3 aliphatic rings. The van der Waals surface area contributed by atoms with Crippen LogP contribution in [0.15, 0.2) is 59.3 Å². The first-order valence-corrected chi connectivity index (χ1v) is 10.7. The second-order valence-electron chi connectivity index (χ2n) is 9.03. The van der Waals surface area contributed by atoms with Crippen molar-refractivity contribution in [3.8, 4) is 0 Å². The first-order valence-electron chi connectivity index (χ1n) is 10.7. The average molecular weight is 387 g/mol. The van der Waals surface area contributed by atoms with Crippen molar-refractivity contribution in [1.29, 1.82) is 0 Å². The van der Waals surface area contributed by atoms with Crippen LogP contribution in [0.1, 0.15) is 58.8 Å². The Morgan fingerprint density at radius 3 is 2.89 bits per heavy atom. The molecule has 2 fully saturated rings. The maximum Gasteiger partial charge on any atom is 0.127 e. The Kier molecular flexibility index (Phi) is 6.77. The fourth-order valence-electron chi connectivity index (χ4n) is 5.55. The summed E-state index contributed by atoms with van der Waals surface area (Å²) >= 11 is 0. The lowest BCUT2D eigenvalue weighted by molar-refractivity contribution is 0.124. The molecule has 0 aromatic heterocycles. The van der Waals surface area contributed by atoms with Crippen molar-refractivity contribution in [2.45, 2.75) is 71.1 Å². The van der Waals surface area contributed by atoms with Gasteiger partial charge in [-0.2, -0.15) is 0 Å². The Labute approximate surface area is 169 Å². The van der Waals surface area contributed by atoms with Crippen LogP contribution in [-0.4, -0.2) is 29.1 Å². The first-order chi connectivity index (χ1) is 13.4. The van der Waals surface area contributed by atoms with Gasteiger partial charge in [0.2, 0.25) is 0 Å². The summed E-state index contributed by atoms with van der Waals surface area (Å²) in [7, 11) is 0. The third-order valence-electron chi connectivity index (χ3n) is 7.13. The maximum atomic E-state index is 14.0. The minimum Gasteiger partial charge on any atom is -0.393 e. The molecule has 2 saturated carbocycles. The highest BCUT2D eigenvalue weighted by Gasteiger charge is 2.45. The van der Waals surface area contributed by atoms with Crippen molar-refractivity contribution in [2.75, 3.05) is 6.61 Å². The third-order valence-corrected chi connectivity index (χ3v) is 7.13. The zero-order valence-corrected chi connectivity index (χ0v) is 17.3. The molecule has 154 valence electrons. The molecule has 28 heavy (non-hydrogen) atoms. The van der Waals surface area contributed by atoms with E-state index in [1.807, 2.05) is 12.2 Å². The summed E-state index contributed by atoms with van der Waals surface area (Å²) in [5.74, 6) is 0.997. The number of allylic oxidation sites excluding steroid dienone is 7. The lowest BCUT2D eigenvalue weighted by Crippen LogP contribution is -2.32. The number of aliphatic hydroxyl groups excluding tert-OH is 2. The highest BCUT2D eigenvalue weighted by molar-refractivity contribution is 5.40. The van der Waals surface area contributed by atoms with Crippen molar-refractivity contribution in [3.05, 3.63) is 59.3 Å². The highest BCUT2D eigenvalue weighted by Crippen LogP contribution is 2.56. The Hall–Kier alpha value is -1.45. The van der Waals surface area contributed by atoms with Gasteiger partial charge in [-0.25, -0.2) is 4.39 Å². The standard InChI is InChI=1S/C25H35FO2/c1-17(7-4-5-14-27)22-11-12-23-19(8-6-13-25(22,23)3)9-10-20-15-21(28)16-24(26)18(20)2/h4-5,9-11,17,21,23-24,27-28H,2,6-8,12-16H2,1,3H3/b5-4+,19-9+,20-10-. The summed E-state index contributed by atoms with van der Waals surface area (Å²) in [6.45, 7) is 8.71. The number of hydrogen-bond donors (Lipinski definition) is 2. The van der Waals surface area contributed by atoms with Crippen LogP contribution in [0.3, 0.4) is 0 Å². The topological polar surface area (TPSA) is 40.5 Å². The van der Waals surface area contributed by atoms with Crippen molar-refractivity contribution >= 4 is 0 Å². The Morgan fingerprint density at radius 1 is 1.36 bits per heavy atom. The Morgan fingerprint density at radius 2 is 2.14 bits per heavy atom. The summed E-state index contributed by atoms with van der Waals surface area (Å²) in [5.41, 5.74) is 4.60. The summed E-state index contributed by atoms with van der Waals surface area (Å²) < 4.78 is 14.0. The Bertz CT molecular complexity index is 714. The van der Waals surface area contributed by atoms with Crippen molar-refractivity contribution < 1.29 is 14.6 Å². The van der Waals surface area contributed by atoms with E-state index in [1.54, 1.807) is 5.57 Å². The molecule has 0 radical (unpaired) electrons. The molecule has 0 spiro atoms. The minimum absolute atomic E-state index is 0.104. The quantitative estimate of drug-likeness (QED) is 0.604. The third kappa shape index (κ3) is 4.26. The molecule has 5 unspecified atom stereocenters. The lowest BCUT2D eigenvalue weighted by atomic mass is 9.62. The van der Waals surface area contributed by atoms with Gasteiger partial charge in [-0.1, -0.05) is 62.0 Å². The van der Waals surface area contributed by atoms with E-state index in [-0.39, 0.29) is 18.4 Å². The summed E-state index contributed by atoms with van der Waals surface area (Å²) in [6, 6.07) is 0. The van der Waals surface area contributed by atoms with E-state index in [0.717, 1.165) is 24.8 Å². The molecule has 3 heteroatoms. The van der Waals surface area contributed by atoms with E-state index in [0.29, 0.717) is 23.8 Å². The van der Waals surface area contributed by atoms with Gasteiger partial charge in [0.1, 0.15) is 6.17 Å². The van der Waals surface area contributed by atoms with E-state index in [1.165, 1.54) is 18.4 Å². The normalized spacial score (nSPS) is 37.5. The minimum atomic E-state index is -1.13. The van der Waals surface area contributed by atoms with E-state index in [2.05, 4.69) is 38.7 Å². The van der Waals surface area contributed by atoms with Crippen LogP contribution < -0.4 is 0 Å². The van der Waals surface area contributed by atoms with Gasteiger partial charge >= 0.3 is 0 Å². The number of aliphatic hydroxyl groups is 2. The molecule has 0 bridgehead atoms. The fraction of sp³-hybridized carbons (Fsp3) is 0.600. The average Bonchev–Trinajstić information content (AvgIpc) is 3.01. The van der Waals surface area contributed by atoms with Crippen LogP contribution in [0.5, 0.6) is 0 Å². The smallest absolute Gasteiger partial charge is 0.127 e. The SMILES string of the molecule is C=C1/C(=C\C=C2/CCCC3(C)C(C(C)C/C=C/CO)=CCC23)CC(O)CC1F. The molecule has 0 aromatic rings. The number of hydrogen-bond acceptors (Lipinski definition) is 2. The van der Waals surface area contributed by atoms with Crippen molar-refractivity contribution in [2.24, 2.45) is 17.3 Å². The maximum absolute atomic E-state index is 14.0. The zero-order chi connectivity index (χ0) is 20.3. The molecule has 2 N–H and O–H groups in total. The van der Waals surface area contributed by atoms with E-state index in [9.17, 15) is 9.50 Å². The predicted molar refractivity (Wildman–Crippen MR) is 114 cm³/mol. The van der Waals surface area contributed by atoms with Crippen LogP contribution in [0.4, 0.5) is 4.39 Å². The number of alkyl halides is 1. The molecular weight excluding hydrogens is 351 g/mol. The van der Waals surface area contributed by atoms with Gasteiger partial charge in [0, 0.05) is 6.42 Å². The molecule has 0 amide bonds. The summed E-state index contributed by atoms with van der Waals surface area (Å²) in [6.07, 6.45) is 15.0. The molecule has 0 heterocycles. The predicted octanol–water partition coefficient (Wildman–Crippen LogP) is 5.60. The van der Waals surface area contributed by atoms with Gasteiger partial charge in [0.05, 0.1) is 12.7 Å². The summed E-state index contributed by atoms with van der Waals surface area (Å²) in [4.78, 5) is 0. The van der Waals surface area contributed by atoms with Gasteiger partial charge in [0.15, 0.2) is 0 Å². The van der Waals surface area contributed by atoms with Gasteiger partial charge in [0.25, 0.3) is 0 Å². The van der Waals surface area contributed by atoms with Crippen LogP contribution in [0, 0.1) is 17.3 Å². The number of rotatable bonds is 5.